The quantitative estimate of drug-likeness (QED) is 0.889. The molecule has 2 N–H and O–H groups in total. The first-order valence-electron chi connectivity index (χ1n) is 7.60. The van der Waals surface area contributed by atoms with E-state index in [4.69, 9.17) is 0 Å². The summed E-state index contributed by atoms with van der Waals surface area (Å²) in [6.07, 6.45) is -3.00. The average molecular weight is 348 g/mol. The molecular weight excluding hydrogens is 333 g/mol. The predicted molar refractivity (Wildman–Crippen MR) is 87.4 cm³/mol. The minimum atomic E-state index is -4.48. The zero-order chi connectivity index (χ0) is 18.0. The first-order chi connectivity index (χ1) is 11.8. The number of amides is 1. The molecule has 25 heavy (non-hydrogen) atoms. The third-order valence-corrected chi connectivity index (χ3v) is 3.78. The monoisotopic (exact) mass is 348 g/mol. The van der Waals surface area contributed by atoms with Gasteiger partial charge in [-0.1, -0.05) is 19.1 Å². The highest BCUT2D eigenvalue weighted by molar-refractivity contribution is 6.05. The third kappa shape index (κ3) is 3.96. The van der Waals surface area contributed by atoms with Crippen LogP contribution in [0, 0.1) is 5.92 Å². The number of halogens is 3. The smallest absolute Gasteiger partial charge is 0.355 e. The Morgan fingerprint density at radius 2 is 1.88 bits per heavy atom. The second-order valence-corrected chi connectivity index (χ2v) is 5.77. The van der Waals surface area contributed by atoms with Gasteiger partial charge in [-0.05, 0) is 29.8 Å². The summed E-state index contributed by atoms with van der Waals surface area (Å²) < 4.78 is 38.1. The van der Waals surface area contributed by atoms with Crippen LogP contribution >= 0.6 is 0 Å². The summed E-state index contributed by atoms with van der Waals surface area (Å²) in [5, 5.41) is 6.99. The van der Waals surface area contributed by atoms with Crippen LogP contribution < -0.4 is 10.7 Å². The maximum atomic E-state index is 12.7. The molecule has 8 heteroatoms. The van der Waals surface area contributed by atoms with Gasteiger partial charge in [-0.15, -0.1) is 0 Å². The van der Waals surface area contributed by atoms with E-state index < -0.39 is 11.9 Å². The normalized spacial score (nSPS) is 17.7. The van der Waals surface area contributed by atoms with E-state index in [2.05, 4.69) is 20.8 Å². The van der Waals surface area contributed by atoms with Crippen LogP contribution in [0.5, 0.6) is 0 Å². The molecule has 0 fully saturated rings. The lowest BCUT2D eigenvalue weighted by molar-refractivity contribution is -0.141. The van der Waals surface area contributed by atoms with E-state index in [-0.39, 0.29) is 11.8 Å². The molecule has 0 spiro atoms. The van der Waals surface area contributed by atoms with Crippen LogP contribution in [0.25, 0.3) is 0 Å². The van der Waals surface area contributed by atoms with Crippen LogP contribution in [-0.2, 0) is 11.0 Å². The van der Waals surface area contributed by atoms with Gasteiger partial charge in [-0.25, -0.2) is 5.43 Å². The lowest BCUT2D eigenvalue weighted by Gasteiger charge is -2.19. The van der Waals surface area contributed by atoms with Crippen molar-refractivity contribution in [3.8, 4) is 0 Å². The van der Waals surface area contributed by atoms with Gasteiger partial charge in [0.2, 0.25) is 5.91 Å². The molecule has 1 atom stereocenters. The zero-order valence-corrected chi connectivity index (χ0v) is 13.3. The topological polar surface area (TPSA) is 66.4 Å². The summed E-state index contributed by atoms with van der Waals surface area (Å²) >= 11 is 0. The van der Waals surface area contributed by atoms with Crippen molar-refractivity contribution in [1.29, 1.82) is 0 Å². The van der Waals surface area contributed by atoms with Crippen LogP contribution in [0.15, 0.2) is 47.7 Å². The average Bonchev–Trinajstić information content (AvgIpc) is 2.55. The van der Waals surface area contributed by atoms with Crippen molar-refractivity contribution in [2.24, 2.45) is 11.0 Å². The van der Waals surface area contributed by atoms with Crippen LogP contribution in [0.1, 0.15) is 24.6 Å². The fraction of sp³-hybridized carbons (Fsp3) is 0.235. The second-order valence-electron chi connectivity index (χ2n) is 5.77. The summed E-state index contributed by atoms with van der Waals surface area (Å²) in [6, 6.07) is 9.52. The number of anilines is 2. The Kier molecular flexibility index (Phi) is 4.43. The van der Waals surface area contributed by atoms with E-state index in [1.807, 2.05) is 6.92 Å². The Balaban J connectivity index is 1.77. The summed E-state index contributed by atoms with van der Waals surface area (Å²) in [5.41, 5.74) is 4.06. The maximum Gasteiger partial charge on any atom is 0.433 e. The molecule has 1 amide bonds. The molecule has 3 rings (SSSR count). The van der Waals surface area contributed by atoms with Crippen LogP contribution in [-0.4, -0.2) is 16.6 Å². The van der Waals surface area contributed by atoms with Gasteiger partial charge in [0.15, 0.2) is 0 Å². The van der Waals surface area contributed by atoms with E-state index in [1.54, 1.807) is 24.3 Å². The molecule has 0 radical (unpaired) electrons. The number of hydrogen-bond donors (Lipinski definition) is 2. The molecule has 0 aliphatic carbocycles. The SMILES string of the molecule is C[C@@H]1CC(=O)NN=C1c1ccc(Nc2ccnc(C(F)(F)F)c2)cc1. The molecule has 2 heterocycles. The third-order valence-electron chi connectivity index (χ3n) is 3.78. The Labute approximate surface area is 142 Å². The number of aromatic nitrogens is 1. The number of benzene rings is 1. The maximum absolute atomic E-state index is 12.7. The number of alkyl halides is 3. The largest absolute Gasteiger partial charge is 0.433 e. The van der Waals surface area contributed by atoms with E-state index in [0.29, 0.717) is 17.8 Å². The Hall–Kier alpha value is -2.90. The number of rotatable bonds is 3. The Morgan fingerprint density at radius 1 is 1.16 bits per heavy atom. The summed E-state index contributed by atoms with van der Waals surface area (Å²) in [7, 11) is 0. The fourth-order valence-corrected chi connectivity index (χ4v) is 2.56. The van der Waals surface area contributed by atoms with Gasteiger partial charge in [0.25, 0.3) is 0 Å². The Bertz CT molecular complexity index is 815. The van der Waals surface area contributed by atoms with Crippen molar-refractivity contribution in [3.63, 3.8) is 0 Å². The van der Waals surface area contributed by atoms with Crippen molar-refractivity contribution in [2.45, 2.75) is 19.5 Å². The van der Waals surface area contributed by atoms with Crippen molar-refractivity contribution in [3.05, 3.63) is 53.9 Å². The molecule has 1 aliphatic rings. The van der Waals surface area contributed by atoms with Gasteiger partial charge in [0.1, 0.15) is 5.69 Å². The van der Waals surface area contributed by atoms with Crippen molar-refractivity contribution >= 4 is 23.0 Å². The van der Waals surface area contributed by atoms with Crippen molar-refractivity contribution in [1.82, 2.24) is 10.4 Å². The lowest BCUT2D eigenvalue weighted by Crippen LogP contribution is -2.31. The predicted octanol–water partition coefficient (Wildman–Crippen LogP) is 3.70. The Morgan fingerprint density at radius 3 is 2.52 bits per heavy atom. The summed E-state index contributed by atoms with van der Waals surface area (Å²) in [4.78, 5) is 14.6. The minimum Gasteiger partial charge on any atom is -0.355 e. The zero-order valence-electron chi connectivity index (χ0n) is 13.3. The van der Waals surface area contributed by atoms with Crippen LogP contribution in [0.4, 0.5) is 24.5 Å². The van der Waals surface area contributed by atoms with E-state index >= 15 is 0 Å². The molecule has 0 bridgehead atoms. The van der Waals surface area contributed by atoms with Gasteiger partial charge in [-0.2, -0.15) is 18.3 Å². The molecule has 5 nitrogen and oxygen atoms in total. The van der Waals surface area contributed by atoms with Crippen LogP contribution in [0.2, 0.25) is 0 Å². The summed E-state index contributed by atoms with van der Waals surface area (Å²) in [5.74, 6) is -0.116. The number of nitrogens with one attached hydrogen (secondary N) is 2. The molecule has 0 saturated heterocycles. The molecule has 1 aromatic heterocycles. The van der Waals surface area contributed by atoms with Gasteiger partial charge < -0.3 is 5.32 Å². The second kappa shape index (κ2) is 6.54. The fourth-order valence-electron chi connectivity index (χ4n) is 2.56. The molecule has 130 valence electrons. The highest BCUT2D eigenvalue weighted by atomic mass is 19.4. The number of hydrazone groups is 1. The molecule has 1 aliphatic heterocycles. The number of carbonyl (C=O) groups excluding carboxylic acids is 1. The number of pyridine rings is 1. The molecule has 0 unspecified atom stereocenters. The number of hydrogen-bond acceptors (Lipinski definition) is 4. The van der Waals surface area contributed by atoms with Crippen molar-refractivity contribution in [2.75, 3.05) is 5.32 Å². The first-order valence-corrected chi connectivity index (χ1v) is 7.60. The highest BCUT2D eigenvalue weighted by Crippen LogP contribution is 2.29. The van der Waals surface area contributed by atoms with Gasteiger partial charge in [0, 0.05) is 29.9 Å². The molecule has 1 aromatic carbocycles. The van der Waals surface area contributed by atoms with Crippen LogP contribution in [0.3, 0.4) is 0 Å². The molecule has 2 aromatic rings. The lowest BCUT2D eigenvalue weighted by atomic mass is 9.94. The highest BCUT2D eigenvalue weighted by Gasteiger charge is 2.32. The van der Waals surface area contributed by atoms with E-state index in [0.717, 1.165) is 23.5 Å². The summed E-state index contributed by atoms with van der Waals surface area (Å²) in [6.45, 7) is 1.92. The number of carbonyl (C=O) groups is 1. The van der Waals surface area contributed by atoms with Gasteiger partial charge >= 0.3 is 6.18 Å². The van der Waals surface area contributed by atoms with E-state index in [9.17, 15) is 18.0 Å². The minimum absolute atomic E-state index is 0.00195. The standard InChI is InChI=1S/C17H15F3N4O/c1-10-8-15(25)23-24-16(10)11-2-4-12(5-3-11)22-13-6-7-21-14(9-13)17(18,19)20/h2-7,9-10H,8H2,1H3,(H,21,22)(H,23,25)/t10-/m1/s1. The van der Waals surface area contributed by atoms with Gasteiger partial charge in [0.05, 0.1) is 5.71 Å². The first kappa shape index (κ1) is 16.9. The number of nitrogens with zero attached hydrogens (tertiary/aromatic N) is 2. The van der Waals surface area contributed by atoms with Gasteiger partial charge in [-0.3, -0.25) is 9.78 Å². The molecule has 0 saturated carbocycles. The van der Waals surface area contributed by atoms with E-state index in [1.165, 1.54) is 6.07 Å². The molecular formula is C17H15F3N4O. The van der Waals surface area contributed by atoms with Crippen molar-refractivity contribution < 1.29 is 18.0 Å².